The maximum atomic E-state index is 4.77. The highest BCUT2D eigenvalue weighted by molar-refractivity contribution is 7.09. The molecule has 116 valence electrons. The van der Waals surface area contributed by atoms with E-state index in [1.54, 1.807) is 11.3 Å². The smallest absolute Gasteiger partial charge is 0.107 e. The van der Waals surface area contributed by atoms with Gasteiger partial charge in [-0.2, -0.15) is 0 Å². The summed E-state index contributed by atoms with van der Waals surface area (Å²) in [5, 5.41) is 7.02. The van der Waals surface area contributed by atoms with E-state index in [1.807, 2.05) is 6.07 Å². The highest BCUT2D eigenvalue weighted by Crippen LogP contribution is 2.23. The van der Waals surface area contributed by atoms with Gasteiger partial charge in [-0.05, 0) is 30.4 Å². The van der Waals surface area contributed by atoms with E-state index in [-0.39, 0.29) is 0 Å². The second-order valence-electron chi connectivity index (χ2n) is 6.08. The summed E-state index contributed by atoms with van der Waals surface area (Å²) in [6.07, 6.45) is 3.53. The molecule has 1 heterocycles. The molecule has 0 fully saturated rings. The van der Waals surface area contributed by atoms with Crippen molar-refractivity contribution in [2.75, 3.05) is 0 Å². The van der Waals surface area contributed by atoms with Crippen LogP contribution in [0.15, 0.2) is 60.0 Å². The summed E-state index contributed by atoms with van der Waals surface area (Å²) >= 11 is 1.74. The van der Waals surface area contributed by atoms with Crippen molar-refractivity contribution >= 4 is 11.3 Å². The summed E-state index contributed by atoms with van der Waals surface area (Å²) in [6.45, 7) is 0.865. The molecular weight excluding hydrogens is 300 g/mol. The third kappa shape index (κ3) is 3.36. The van der Waals surface area contributed by atoms with Gasteiger partial charge in [0.1, 0.15) is 5.01 Å². The summed E-state index contributed by atoms with van der Waals surface area (Å²) in [6, 6.07) is 19.8. The fourth-order valence-corrected chi connectivity index (χ4v) is 3.99. The van der Waals surface area contributed by atoms with Gasteiger partial charge in [0.2, 0.25) is 0 Å². The van der Waals surface area contributed by atoms with Crippen molar-refractivity contribution in [3.63, 3.8) is 0 Å². The second kappa shape index (κ2) is 6.65. The van der Waals surface area contributed by atoms with Gasteiger partial charge in [0.15, 0.2) is 0 Å². The van der Waals surface area contributed by atoms with Gasteiger partial charge in [-0.3, -0.25) is 0 Å². The standard InChI is InChI=1S/C20H20N2S/c1-2-7-16(8-3-1)19-14-23-20(22-19)13-21-18-11-10-15-6-4-5-9-17(15)12-18/h1-9,14,18,21H,10-13H2/t18-/m1/s1. The van der Waals surface area contributed by atoms with Crippen LogP contribution in [0.3, 0.4) is 0 Å². The summed E-state index contributed by atoms with van der Waals surface area (Å²) in [4.78, 5) is 4.77. The number of aromatic nitrogens is 1. The molecule has 1 aliphatic rings. The molecule has 23 heavy (non-hydrogen) atoms. The first-order valence-corrected chi connectivity index (χ1v) is 9.06. The Balaban J connectivity index is 1.38. The Morgan fingerprint density at radius 3 is 2.65 bits per heavy atom. The number of hydrogen-bond donors (Lipinski definition) is 1. The Morgan fingerprint density at radius 1 is 1.00 bits per heavy atom. The topological polar surface area (TPSA) is 24.9 Å². The number of benzene rings is 2. The predicted octanol–water partition coefficient (Wildman–Crippen LogP) is 4.46. The zero-order valence-corrected chi connectivity index (χ0v) is 13.9. The molecular formula is C20H20N2S. The van der Waals surface area contributed by atoms with Crippen LogP contribution in [-0.4, -0.2) is 11.0 Å². The lowest BCUT2D eigenvalue weighted by Crippen LogP contribution is -2.34. The first kappa shape index (κ1) is 14.6. The van der Waals surface area contributed by atoms with E-state index < -0.39 is 0 Å². The number of thiazole rings is 1. The predicted molar refractivity (Wildman–Crippen MR) is 96.6 cm³/mol. The Kier molecular flexibility index (Phi) is 4.22. The average molecular weight is 320 g/mol. The molecule has 0 amide bonds. The summed E-state index contributed by atoms with van der Waals surface area (Å²) in [7, 11) is 0. The van der Waals surface area contributed by atoms with Crippen LogP contribution in [0.1, 0.15) is 22.6 Å². The number of rotatable bonds is 4. The Hall–Kier alpha value is -1.97. The lowest BCUT2D eigenvalue weighted by atomic mass is 9.88. The maximum absolute atomic E-state index is 4.77. The molecule has 0 aliphatic heterocycles. The molecule has 0 radical (unpaired) electrons. The van der Waals surface area contributed by atoms with Crippen molar-refractivity contribution in [3.8, 4) is 11.3 Å². The van der Waals surface area contributed by atoms with Crippen molar-refractivity contribution in [2.45, 2.75) is 31.8 Å². The van der Waals surface area contributed by atoms with Crippen molar-refractivity contribution in [1.82, 2.24) is 10.3 Å². The minimum absolute atomic E-state index is 0.564. The minimum atomic E-state index is 0.564. The molecule has 3 heteroatoms. The molecule has 0 spiro atoms. The molecule has 4 rings (SSSR count). The molecule has 2 nitrogen and oxygen atoms in total. The van der Waals surface area contributed by atoms with E-state index in [2.05, 4.69) is 59.2 Å². The first-order valence-electron chi connectivity index (χ1n) is 8.18. The molecule has 0 saturated carbocycles. The van der Waals surface area contributed by atoms with E-state index in [1.165, 1.54) is 34.5 Å². The number of fused-ring (bicyclic) bond motifs is 1. The van der Waals surface area contributed by atoms with E-state index in [4.69, 9.17) is 4.98 Å². The summed E-state index contributed by atoms with van der Waals surface area (Å²) in [5.74, 6) is 0. The molecule has 3 aromatic rings. The third-order valence-corrected chi connectivity index (χ3v) is 5.36. The van der Waals surface area contributed by atoms with E-state index in [9.17, 15) is 0 Å². The summed E-state index contributed by atoms with van der Waals surface area (Å²) in [5.41, 5.74) is 5.30. The minimum Gasteiger partial charge on any atom is -0.307 e. The number of aryl methyl sites for hydroxylation is 1. The van der Waals surface area contributed by atoms with Gasteiger partial charge in [-0.1, -0.05) is 54.6 Å². The molecule has 1 aromatic heterocycles. The van der Waals surface area contributed by atoms with Crippen molar-refractivity contribution in [2.24, 2.45) is 0 Å². The van der Waals surface area contributed by atoms with Crippen molar-refractivity contribution in [1.29, 1.82) is 0 Å². The zero-order valence-electron chi connectivity index (χ0n) is 13.0. The van der Waals surface area contributed by atoms with Crippen molar-refractivity contribution < 1.29 is 0 Å². The van der Waals surface area contributed by atoms with E-state index >= 15 is 0 Å². The van der Waals surface area contributed by atoms with Crippen LogP contribution in [0.5, 0.6) is 0 Å². The molecule has 1 aliphatic carbocycles. The second-order valence-corrected chi connectivity index (χ2v) is 7.02. The first-order chi connectivity index (χ1) is 11.4. The van der Waals surface area contributed by atoms with Gasteiger partial charge >= 0.3 is 0 Å². The number of hydrogen-bond acceptors (Lipinski definition) is 3. The number of nitrogens with one attached hydrogen (secondary N) is 1. The van der Waals surface area contributed by atoms with Gasteiger partial charge in [-0.25, -0.2) is 4.98 Å². The molecule has 0 saturated heterocycles. The van der Waals surface area contributed by atoms with Gasteiger partial charge in [-0.15, -0.1) is 11.3 Å². The molecule has 1 N–H and O–H groups in total. The van der Waals surface area contributed by atoms with Crippen LogP contribution >= 0.6 is 11.3 Å². The largest absolute Gasteiger partial charge is 0.307 e. The highest BCUT2D eigenvalue weighted by atomic mass is 32.1. The number of nitrogens with zero attached hydrogens (tertiary/aromatic N) is 1. The lowest BCUT2D eigenvalue weighted by Gasteiger charge is -2.25. The Labute approximate surface area is 141 Å². The van der Waals surface area contributed by atoms with E-state index in [0.717, 1.165) is 18.7 Å². The fourth-order valence-electron chi connectivity index (χ4n) is 3.24. The van der Waals surface area contributed by atoms with Gasteiger partial charge in [0.25, 0.3) is 0 Å². The van der Waals surface area contributed by atoms with Gasteiger partial charge in [0, 0.05) is 23.5 Å². The SMILES string of the molecule is c1ccc(-c2csc(CN[C@@H]3CCc4ccccc4C3)n2)cc1. The molecule has 2 aromatic carbocycles. The fraction of sp³-hybridized carbons (Fsp3) is 0.250. The average Bonchev–Trinajstić information content (AvgIpc) is 3.10. The monoisotopic (exact) mass is 320 g/mol. The van der Waals surface area contributed by atoms with Crippen LogP contribution < -0.4 is 5.32 Å². The molecule has 1 atom stereocenters. The van der Waals surface area contributed by atoms with Crippen molar-refractivity contribution in [3.05, 3.63) is 76.1 Å². The van der Waals surface area contributed by atoms with Crippen LogP contribution in [0.2, 0.25) is 0 Å². The van der Waals surface area contributed by atoms with Crippen LogP contribution in [-0.2, 0) is 19.4 Å². The molecule has 0 unspecified atom stereocenters. The van der Waals surface area contributed by atoms with Gasteiger partial charge in [0.05, 0.1) is 5.69 Å². The lowest BCUT2D eigenvalue weighted by molar-refractivity contribution is 0.457. The Morgan fingerprint density at radius 2 is 1.78 bits per heavy atom. The normalized spacial score (nSPS) is 17.0. The van der Waals surface area contributed by atoms with Crippen LogP contribution in [0.4, 0.5) is 0 Å². The van der Waals surface area contributed by atoms with Crippen LogP contribution in [0, 0.1) is 0 Å². The van der Waals surface area contributed by atoms with E-state index in [0.29, 0.717) is 6.04 Å². The Bertz CT molecular complexity index is 779. The van der Waals surface area contributed by atoms with Gasteiger partial charge < -0.3 is 5.32 Å². The zero-order chi connectivity index (χ0) is 15.5. The summed E-state index contributed by atoms with van der Waals surface area (Å²) < 4.78 is 0. The van der Waals surface area contributed by atoms with Crippen LogP contribution in [0.25, 0.3) is 11.3 Å². The highest BCUT2D eigenvalue weighted by Gasteiger charge is 2.18. The molecule has 0 bridgehead atoms. The third-order valence-electron chi connectivity index (χ3n) is 4.51. The quantitative estimate of drug-likeness (QED) is 0.768. The maximum Gasteiger partial charge on any atom is 0.107 e.